The van der Waals surface area contributed by atoms with Gasteiger partial charge in [-0.3, -0.25) is 4.90 Å². The molecule has 1 aromatic carbocycles. The van der Waals surface area contributed by atoms with Gasteiger partial charge in [0.25, 0.3) is 0 Å². The van der Waals surface area contributed by atoms with Crippen molar-refractivity contribution in [2.45, 2.75) is 19.1 Å². The van der Waals surface area contributed by atoms with Gasteiger partial charge in [-0.15, -0.1) is 11.3 Å². The summed E-state index contributed by atoms with van der Waals surface area (Å²) in [5.41, 5.74) is 1.01. The Balaban J connectivity index is 1.57. The molecule has 1 saturated heterocycles. The number of hydrogen-bond donors (Lipinski definition) is 0. The molecule has 0 N–H and O–H groups in total. The van der Waals surface area contributed by atoms with Crippen molar-refractivity contribution in [3.8, 4) is 0 Å². The molecule has 2 heterocycles. The summed E-state index contributed by atoms with van der Waals surface area (Å²) in [5, 5.41) is 2.11. The third-order valence-corrected chi connectivity index (χ3v) is 4.40. The Morgan fingerprint density at radius 1 is 1.30 bits per heavy atom. The number of halogens is 1. The monoisotopic (exact) mass is 291 g/mol. The summed E-state index contributed by atoms with van der Waals surface area (Å²) in [5.74, 6) is -0.172. The predicted molar refractivity (Wildman–Crippen MR) is 79.4 cm³/mol. The lowest BCUT2D eigenvalue weighted by molar-refractivity contribution is -0.0302. The van der Waals surface area contributed by atoms with E-state index in [1.54, 1.807) is 23.5 Å². The number of nitrogens with zero attached hydrogens (tertiary/aromatic N) is 1. The Hall–Kier alpha value is -1.23. The van der Waals surface area contributed by atoms with E-state index in [2.05, 4.69) is 22.4 Å². The van der Waals surface area contributed by atoms with Crippen molar-refractivity contribution in [3.63, 3.8) is 0 Å². The van der Waals surface area contributed by atoms with Crippen LogP contribution in [-0.2, 0) is 17.7 Å². The molecule has 1 atom stereocenters. The average Bonchev–Trinajstić information content (AvgIpc) is 2.92. The summed E-state index contributed by atoms with van der Waals surface area (Å²) in [6.45, 7) is 3.62. The molecule has 20 heavy (non-hydrogen) atoms. The maximum Gasteiger partial charge on any atom is 0.123 e. The van der Waals surface area contributed by atoms with E-state index in [1.807, 2.05) is 6.07 Å². The second kappa shape index (κ2) is 6.48. The SMILES string of the molecule is Fc1cccc(C[C@@H]2CN(Cc3cccs3)CCO2)c1. The maximum absolute atomic E-state index is 13.2. The van der Waals surface area contributed by atoms with Crippen LogP contribution in [-0.4, -0.2) is 30.7 Å². The second-order valence-electron chi connectivity index (χ2n) is 5.14. The van der Waals surface area contributed by atoms with E-state index >= 15 is 0 Å². The number of morpholine rings is 1. The quantitative estimate of drug-likeness (QED) is 0.857. The first kappa shape index (κ1) is 13.7. The first-order valence-electron chi connectivity index (χ1n) is 6.90. The highest BCUT2D eigenvalue weighted by molar-refractivity contribution is 7.09. The first-order chi connectivity index (χ1) is 9.79. The second-order valence-corrected chi connectivity index (χ2v) is 6.17. The fraction of sp³-hybridized carbons (Fsp3) is 0.375. The third kappa shape index (κ3) is 3.66. The Labute approximate surface area is 122 Å². The summed E-state index contributed by atoms with van der Waals surface area (Å²) in [6, 6.07) is 11.1. The van der Waals surface area contributed by atoms with E-state index in [-0.39, 0.29) is 11.9 Å². The lowest BCUT2D eigenvalue weighted by Gasteiger charge is -2.32. The molecule has 0 saturated carbocycles. The van der Waals surface area contributed by atoms with E-state index in [1.165, 1.54) is 10.9 Å². The molecule has 1 aliphatic heterocycles. The molecule has 0 aliphatic carbocycles. The summed E-state index contributed by atoms with van der Waals surface area (Å²) in [4.78, 5) is 3.80. The molecule has 4 heteroatoms. The van der Waals surface area contributed by atoms with Crippen LogP contribution in [0.25, 0.3) is 0 Å². The van der Waals surface area contributed by atoms with Crippen molar-refractivity contribution in [2.75, 3.05) is 19.7 Å². The van der Waals surface area contributed by atoms with Crippen molar-refractivity contribution in [2.24, 2.45) is 0 Å². The molecule has 1 aromatic heterocycles. The molecule has 106 valence electrons. The highest BCUT2D eigenvalue weighted by Crippen LogP contribution is 2.17. The van der Waals surface area contributed by atoms with Crippen LogP contribution in [0, 0.1) is 5.82 Å². The highest BCUT2D eigenvalue weighted by atomic mass is 32.1. The van der Waals surface area contributed by atoms with E-state index in [9.17, 15) is 4.39 Å². The topological polar surface area (TPSA) is 12.5 Å². The normalized spacial score (nSPS) is 20.1. The number of rotatable bonds is 4. The van der Waals surface area contributed by atoms with Gasteiger partial charge in [0.1, 0.15) is 5.82 Å². The van der Waals surface area contributed by atoms with Crippen LogP contribution >= 0.6 is 11.3 Å². The van der Waals surface area contributed by atoms with Gasteiger partial charge in [-0.2, -0.15) is 0 Å². The van der Waals surface area contributed by atoms with Crippen LogP contribution in [0.5, 0.6) is 0 Å². The highest BCUT2D eigenvalue weighted by Gasteiger charge is 2.21. The molecule has 0 unspecified atom stereocenters. The summed E-state index contributed by atoms with van der Waals surface area (Å²) >= 11 is 1.79. The Morgan fingerprint density at radius 3 is 3.05 bits per heavy atom. The van der Waals surface area contributed by atoms with Crippen molar-refractivity contribution < 1.29 is 9.13 Å². The predicted octanol–water partition coefficient (Wildman–Crippen LogP) is 3.33. The molecule has 0 spiro atoms. The van der Waals surface area contributed by atoms with Crippen LogP contribution in [0.2, 0.25) is 0 Å². The van der Waals surface area contributed by atoms with E-state index in [4.69, 9.17) is 4.74 Å². The van der Waals surface area contributed by atoms with Crippen LogP contribution < -0.4 is 0 Å². The van der Waals surface area contributed by atoms with Gasteiger partial charge in [0.2, 0.25) is 0 Å². The summed E-state index contributed by atoms with van der Waals surface area (Å²) in [6.07, 6.45) is 0.934. The van der Waals surface area contributed by atoms with Crippen molar-refractivity contribution in [3.05, 3.63) is 58.0 Å². The molecule has 2 nitrogen and oxygen atoms in total. The molecule has 2 aromatic rings. The number of thiophene rings is 1. The molecular formula is C16H18FNOS. The minimum absolute atomic E-state index is 0.158. The first-order valence-corrected chi connectivity index (χ1v) is 7.78. The van der Waals surface area contributed by atoms with Gasteiger partial charge in [-0.25, -0.2) is 4.39 Å². The third-order valence-electron chi connectivity index (χ3n) is 3.53. The molecule has 1 aliphatic rings. The maximum atomic E-state index is 13.2. The smallest absolute Gasteiger partial charge is 0.123 e. The van der Waals surface area contributed by atoms with Gasteiger partial charge in [-0.05, 0) is 35.6 Å². The molecular weight excluding hydrogens is 273 g/mol. The zero-order valence-electron chi connectivity index (χ0n) is 11.3. The van der Waals surface area contributed by atoms with Crippen LogP contribution in [0.3, 0.4) is 0 Å². The fourth-order valence-electron chi connectivity index (χ4n) is 2.60. The van der Waals surface area contributed by atoms with Crippen LogP contribution in [0.1, 0.15) is 10.4 Å². The standard InChI is InChI=1S/C16H18FNOS/c17-14-4-1-3-13(9-14)10-15-11-18(6-7-19-15)12-16-5-2-8-20-16/h1-5,8-9,15H,6-7,10-12H2/t15-/m1/s1. The van der Waals surface area contributed by atoms with Crippen molar-refractivity contribution >= 4 is 11.3 Å². The average molecular weight is 291 g/mol. The van der Waals surface area contributed by atoms with Crippen molar-refractivity contribution in [1.29, 1.82) is 0 Å². The van der Waals surface area contributed by atoms with Gasteiger partial charge < -0.3 is 4.74 Å². The number of hydrogen-bond acceptors (Lipinski definition) is 3. The van der Waals surface area contributed by atoms with E-state index < -0.39 is 0 Å². The molecule has 0 bridgehead atoms. The minimum atomic E-state index is -0.172. The number of benzene rings is 1. The van der Waals surface area contributed by atoms with Gasteiger partial charge in [0.15, 0.2) is 0 Å². The lowest BCUT2D eigenvalue weighted by Crippen LogP contribution is -2.42. The van der Waals surface area contributed by atoms with E-state index in [0.29, 0.717) is 0 Å². The minimum Gasteiger partial charge on any atom is -0.375 e. The van der Waals surface area contributed by atoms with E-state index in [0.717, 1.165) is 38.2 Å². The molecule has 3 rings (SSSR count). The summed E-state index contributed by atoms with van der Waals surface area (Å²) in [7, 11) is 0. The molecule has 0 radical (unpaired) electrons. The Kier molecular flexibility index (Phi) is 4.45. The van der Waals surface area contributed by atoms with Crippen LogP contribution in [0.4, 0.5) is 4.39 Å². The van der Waals surface area contributed by atoms with Crippen molar-refractivity contribution in [1.82, 2.24) is 4.90 Å². The van der Waals surface area contributed by atoms with Gasteiger partial charge in [0.05, 0.1) is 12.7 Å². The zero-order valence-corrected chi connectivity index (χ0v) is 12.1. The molecule has 0 amide bonds. The Morgan fingerprint density at radius 2 is 2.25 bits per heavy atom. The number of ether oxygens (including phenoxy) is 1. The zero-order chi connectivity index (χ0) is 13.8. The summed E-state index contributed by atoms with van der Waals surface area (Å²) < 4.78 is 19.0. The van der Waals surface area contributed by atoms with Gasteiger partial charge in [-0.1, -0.05) is 18.2 Å². The van der Waals surface area contributed by atoms with Gasteiger partial charge >= 0.3 is 0 Å². The Bertz CT molecular complexity index is 543. The lowest BCUT2D eigenvalue weighted by atomic mass is 10.1. The molecule has 1 fully saturated rings. The van der Waals surface area contributed by atoms with Gasteiger partial charge in [0, 0.05) is 24.5 Å². The largest absolute Gasteiger partial charge is 0.375 e. The van der Waals surface area contributed by atoms with Crippen LogP contribution in [0.15, 0.2) is 41.8 Å². The fourth-order valence-corrected chi connectivity index (χ4v) is 3.34.